The molecule has 0 unspecified atom stereocenters. The standard InChI is InChI=1S/C19H18ClF3N2O3S/c20-17-9-6-14(11-16(17)19(21,22)23)24-18(26)10-3-12-1-7-15(8-2-12)29(27,28)25-13-4-5-13/h1-2,6-9,11,13,25H,3-5,10H2,(H,24,26). The van der Waals surface area contributed by atoms with E-state index >= 15 is 0 Å². The van der Waals surface area contributed by atoms with Crippen LogP contribution in [-0.4, -0.2) is 20.4 Å². The summed E-state index contributed by atoms with van der Waals surface area (Å²) < 4.78 is 65.5. The number of aryl methyl sites for hydroxylation is 1. The molecule has 1 saturated carbocycles. The maximum atomic E-state index is 12.9. The molecule has 1 aliphatic carbocycles. The van der Waals surface area contributed by atoms with Crippen molar-refractivity contribution in [1.29, 1.82) is 0 Å². The fourth-order valence-electron chi connectivity index (χ4n) is 2.63. The molecule has 2 aromatic carbocycles. The first-order valence-electron chi connectivity index (χ1n) is 8.82. The van der Waals surface area contributed by atoms with E-state index in [-0.39, 0.29) is 23.0 Å². The molecule has 2 N–H and O–H groups in total. The monoisotopic (exact) mass is 446 g/mol. The first kappa shape index (κ1) is 21.6. The number of hydrogen-bond donors (Lipinski definition) is 2. The van der Waals surface area contributed by atoms with E-state index in [2.05, 4.69) is 10.0 Å². The number of sulfonamides is 1. The van der Waals surface area contributed by atoms with Gasteiger partial charge in [0.05, 0.1) is 15.5 Å². The lowest BCUT2D eigenvalue weighted by molar-refractivity contribution is -0.137. The summed E-state index contributed by atoms with van der Waals surface area (Å²) >= 11 is 5.55. The maximum absolute atomic E-state index is 12.9. The molecule has 0 spiro atoms. The molecule has 2 aromatic rings. The van der Waals surface area contributed by atoms with Crippen LogP contribution in [-0.2, 0) is 27.4 Å². The fourth-order valence-corrected chi connectivity index (χ4v) is 4.16. The maximum Gasteiger partial charge on any atom is 0.417 e. The van der Waals surface area contributed by atoms with Crippen molar-refractivity contribution in [2.24, 2.45) is 0 Å². The highest BCUT2D eigenvalue weighted by atomic mass is 35.5. The zero-order valence-electron chi connectivity index (χ0n) is 15.1. The molecule has 0 bridgehead atoms. The molecule has 5 nitrogen and oxygen atoms in total. The fraction of sp³-hybridized carbons (Fsp3) is 0.316. The van der Waals surface area contributed by atoms with Gasteiger partial charge in [-0.1, -0.05) is 23.7 Å². The van der Waals surface area contributed by atoms with Gasteiger partial charge in [-0.05, 0) is 55.2 Å². The van der Waals surface area contributed by atoms with Crippen LogP contribution in [0.1, 0.15) is 30.4 Å². The summed E-state index contributed by atoms with van der Waals surface area (Å²) in [5.41, 5.74) is -0.287. The lowest BCUT2D eigenvalue weighted by Crippen LogP contribution is -2.25. The predicted octanol–water partition coefficient (Wildman–Crippen LogP) is 4.37. The average molecular weight is 447 g/mol. The summed E-state index contributed by atoms with van der Waals surface area (Å²) in [6.07, 6.45) is -2.61. The van der Waals surface area contributed by atoms with Gasteiger partial charge in [0, 0.05) is 18.2 Å². The van der Waals surface area contributed by atoms with Crippen LogP contribution in [0.4, 0.5) is 18.9 Å². The number of anilines is 1. The first-order valence-corrected chi connectivity index (χ1v) is 10.7. The normalized spacial score (nSPS) is 14.6. The Balaban J connectivity index is 1.57. The van der Waals surface area contributed by atoms with E-state index in [1.54, 1.807) is 12.1 Å². The van der Waals surface area contributed by atoms with Gasteiger partial charge >= 0.3 is 6.18 Å². The zero-order valence-corrected chi connectivity index (χ0v) is 16.7. The molecule has 0 aliphatic heterocycles. The van der Waals surface area contributed by atoms with Gasteiger partial charge in [0.25, 0.3) is 0 Å². The number of carbonyl (C=O) groups excluding carboxylic acids is 1. The van der Waals surface area contributed by atoms with Crippen molar-refractivity contribution >= 4 is 33.2 Å². The predicted molar refractivity (Wildman–Crippen MR) is 103 cm³/mol. The van der Waals surface area contributed by atoms with E-state index in [1.165, 1.54) is 18.2 Å². The Kier molecular flexibility index (Phi) is 6.21. The molecule has 156 valence electrons. The highest BCUT2D eigenvalue weighted by molar-refractivity contribution is 7.89. The summed E-state index contributed by atoms with van der Waals surface area (Å²) in [6.45, 7) is 0. The van der Waals surface area contributed by atoms with Gasteiger partial charge in [-0.15, -0.1) is 0 Å². The minimum Gasteiger partial charge on any atom is -0.326 e. The van der Waals surface area contributed by atoms with Crippen LogP contribution in [0, 0.1) is 0 Å². The van der Waals surface area contributed by atoms with Crippen molar-refractivity contribution in [3.8, 4) is 0 Å². The molecule has 0 saturated heterocycles. The minimum absolute atomic E-state index is 0.000633. The van der Waals surface area contributed by atoms with Crippen LogP contribution in [0.25, 0.3) is 0 Å². The topological polar surface area (TPSA) is 75.3 Å². The van der Waals surface area contributed by atoms with Gasteiger partial charge in [0.15, 0.2) is 0 Å². The van der Waals surface area contributed by atoms with Crippen LogP contribution in [0.15, 0.2) is 47.4 Å². The largest absolute Gasteiger partial charge is 0.417 e. The van der Waals surface area contributed by atoms with E-state index in [0.717, 1.165) is 30.5 Å². The molecular formula is C19H18ClF3N2O3S. The van der Waals surface area contributed by atoms with E-state index < -0.39 is 32.7 Å². The van der Waals surface area contributed by atoms with E-state index in [1.807, 2.05) is 0 Å². The molecule has 0 radical (unpaired) electrons. The van der Waals surface area contributed by atoms with Gasteiger partial charge in [-0.3, -0.25) is 4.79 Å². The molecule has 1 fully saturated rings. The van der Waals surface area contributed by atoms with Crippen LogP contribution in [0.2, 0.25) is 5.02 Å². The highest BCUT2D eigenvalue weighted by Gasteiger charge is 2.33. The number of alkyl halides is 3. The second kappa shape index (κ2) is 8.33. The Morgan fingerprint density at radius 2 is 1.76 bits per heavy atom. The van der Waals surface area contributed by atoms with Gasteiger partial charge < -0.3 is 5.32 Å². The van der Waals surface area contributed by atoms with Crippen molar-refractivity contribution in [2.45, 2.75) is 42.8 Å². The molecule has 0 heterocycles. The summed E-state index contributed by atoms with van der Waals surface area (Å²) in [5, 5.41) is 1.97. The summed E-state index contributed by atoms with van der Waals surface area (Å²) in [6, 6.07) is 9.31. The molecule has 1 amide bonds. The van der Waals surface area contributed by atoms with Gasteiger partial charge in [0.1, 0.15) is 0 Å². The number of carbonyl (C=O) groups is 1. The van der Waals surface area contributed by atoms with Crippen molar-refractivity contribution in [1.82, 2.24) is 4.72 Å². The lowest BCUT2D eigenvalue weighted by Gasteiger charge is -2.12. The number of halogens is 4. The first-order chi connectivity index (χ1) is 13.5. The van der Waals surface area contributed by atoms with Crippen LogP contribution in [0.5, 0.6) is 0 Å². The van der Waals surface area contributed by atoms with Gasteiger partial charge in [0.2, 0.25) is 15.9 Å². The number of benzene rings is 2. The van der Waals surface area contributed by atoms with Gasteiger partial charge in [-0.2, -0.15) is 13.2 Å². The lowest BCUT2D eigenvalue weighted by atomic mass is 10.1. The Morgan fingerprint density at radius 3 is 2.34 bits per heavy atom. The molecule has 10 heteroatoms. The molecular weight excluding hydrogens is 429 g/mol. The number of hydrogen-bond acceptors (Lipinski definition) is 3. The Labute approximate surface area is 171 Å². The third-order valence-corrected chi connectivity index (χ3v) is 6.20. The second-order valence-electron chi connectivity index (χ2n) is 6.78. The van der Waals surface area contributed by atoms with E-state index in [4.69, 9.17) is 11.6 Å². The Bertz CT molecular complexity index is 1000. The van der Waals surface area contributed by atoms with Crippen LogP contribution >= 0.6 is 11.6 Å². The second-order valence-corrected chi connectivity index (χ2v) is 8.90. The number of amides is 1. The summed E-state index contributed by atoms with van der Waals surface area (Å²) in [7, 11) is -3.54. The van der Waals surface area contributed by atoms with Crippen molar-refractivity contribution in [3.05, 3.63) is 58.6 Å². The number of rotatable bonds is 7. The van der Waals surface area contributed by atoms with Crippen molar-refractivity contribution < 1.29 is 26.4 Å². The Hall–Kier alpha value is -2.10. The quantitative estimate of drug-likeness (QED) is 0.663. The average Bonchev–Trinajstić information content (AvgIpc) is 3.44. The molecule has 3 rings (SSSR count). The molecule has 29 heavy (non-hydrogen) atoms. The molecule has 0 aromatic heterocycles. The third kappa shape index (κ3) is 5.94. The van der Waals surface area contributed by atoms with Crippen molar-refractivity contribution in [2.75, 3.05) is 5.32 Å². The van der Waals surface area contributed by atoms with E-state index in [9.17, 15) is 26.4 Å². The number of nitrogens with one attached hydrogen (secondary N) is 2. The minimum atomic E-state index is -4.62. The third-order valence-electron chi connectivity index (χ3n) is 4.33. The van der Waals surface area contributed by atoms with E-state index in [0.29, 0.717) is 6.42 Å². The van der Waals surface area contributed by atoms with Gasteiger partial charge in [-0.25, -0.2) is 13.1 Å². The summed E-state index contributed by atoms with van der Waals surface area (Å²) in [4.78, 5) is 12.2. The Morgan fingerprint density at radius 1 is 1.10 bits per heavy atom. The SMILES string of the molecule is O=C(CCc1ccc(S(=O)(=O)NC2CC2)cc1)Nc1ccc(Cl)c(C(F)(F)F)c1. The smallest absolute Gasteiger partial charge is 0.326 e. The molecule has 0 atom stereocenters. The molecule has 1 aliphatic rings. The van der Waals surface area contributed by atoms with Crippen LogP contribution in [0.3, 0.4) is 0 Å². The van der Waals surface area contributed by atoms with Crippen LogP contribution < -0.4 is 10.0 Å². The highest BCUT2D eigenvalue weighted by Crippen LogP contribution is 2.36. The van der Waals surface area contributed by atoms with Crippen molar-refractivity contribution in [3.63, 3.8) is 0 Å². The zero-order chi connectivity index (χ0) is 21.2. The summed E-state index contributed by atoms with van der Waals surface area (Å²) in [5.74, 6) is -0.465.